The van der Waals surface area contributed by atoms with Crippen molar-refractivity contribution in [3.63, 3.8) is 0 Å². The molecule has 19 heavy (non-hydrogen) atoms. The van der Waals surface area contributed by atoms with Crippen LogP contribution < -0.4 is 10.6 Å². The summed E-state index contributed by atoms with van der Waals surface area (Å²) in [4.78, 5) is 2.03. The predicted octanol–water partition coefficient (Wildman–Crippen LogP) is 1.78. The van der Waals surface area contributed by atoms with Gasteiger partial charge in [-0.25, -0.2) is 0 Å². The van der Waals surface area contributed by atoms with E-state index in [9.17, 15) is 5.11 Å². The van der Waals surface area contributed by atoms with Crippen molar-refractivity contribution in [3.8, 4) is 0 Å². The van der Waals surface area contributed by atoms with Gasteiger partial charge < -0.3 is 20.5 Å². The van der Waals surface area contributed by atoms with Gasteiger partial charge in [-0.2, -0.15) is 0 Å². The zero-order valence-electron chi connectivity index (χ0n) is 11.2. The molecule has 1 saturated heterocycles. The van der Waals surface area contributed by atoms with Crippen LogP contribution in [0.2, 0.25) is 5.02 Å². The summed E-state index contributed by atoms with van der Waals surface area (Å²) in [6.45, 7) is 2.26. The third kappa shape index (κ3) is 3.60. The fourth-order valence-electron chi connectivity index (χ4n) is 2.38. The molecule has 4 nitrogen and oxygen atoms in total. The SMILES string of the molecule is CN(CC1(O)CCOCC1)c1ccc(CN)c(Cl)c1. The lowest BCUT2D eigenvalue weighted by atomic mass is 9.94. The van der Waals surface area contributed by atoms with Crippen LogP contribution in [-0.4, -0.2) is 37.5 Å². The van der Waals surface area contributed by atoms with Gasteiger partial charge in [0.25, 0.3) is 0 Å². The van der Waals surface area contributed by atoms with Crippen molar-refractivity contribution in [2.24, 2.45) is 5.73 Å². The molecule has 0 amide bonds. The van der Waals surface area contributed by atoms with Gasteiger partial charge in [0, 0.05) is 56.9 Å². The van der Waals surface area contributed by atoms with Crippen molar-refractivity contribution in [3.05, 3.63) is 28.8 Å². The van der Waals surface area contributed by atoms with Crippen LogP contribution in [0.25, 0.3) is 0 Å². The van der Waals surface area contributed by atoms with E-state index in [0.29, 0.717) is 44.2 Å². The number of nitrogens with two attached hydrogens (primary N) is 1. The van der Waals surface area contributed by atoms with E-state index in [1.165, 1.54) is 0 Å². The number of hydrogen-bond acceptors (Lipinski definition) is 4. The summed E-state index contributed by atoms with van der Waals surface area (Å²) in [6.07, 6.45) is 1.35. The molecule has 1 heterocycles. The molecule has 1 aromatic carbocycles. The largest absolute Gasteiger partial charge is 0.388 e. The maximum atomic E-state index is 10.5. The highest BCUT2D eigenvalue weighted by molar-refractivity contribution is 6.31. The van der Waals surface area contributed by atoms with Crippen molar-refractivity contribution in [2.75, 3.05) is 31.7 Å². The van der Waals surface area contributed by atoms with Crippen LogP contribution >= 0.6 is 11.6 Å². The highest BCUT2D eigenvalue weighted by atomic mass is 35.5. The number of benzene rings is 1. The minimum atomic E-state index is -0.675. The number of anilines is 1. The number of hydrogen-bond donors (Lipinski definition) is 2. The van der Waals surface area contributed by atoms with Crippen LogP contribution in [0.5, 0.6) is 0 Å². The van der Waals surface area contributed by atoms with E-state index in [-0.39, 0.29) is 0 Å². The Morgan fingerprint density at radius 1 is 1.42 bits per heavy atom. The van der Waals surface area contributed by atoms with Crippen LogP contribution in [0, 0.1) is 0 Å². The van der Waals surface area contributed by atoms with Crippen molar-refractivity contribution in [2.45, 2.75) is 25.0 Å². The van der Waals surface area contributed by atoms with E-state index in [1.807, 2.05) is 30.1 Å². The van der Waals surface area contributed by atoms with Gasteiger partial charge in [-0.15, -0.1) is 0 Å². The molecule has 0 atom stereocenters. The third-order valence-corrected chi connectivity index (χ3v) is 4.00. The number of aliphatic hydroxyl groups is 1. The molecule has 1 fully saturated rings. The van der Waals surface area contributed by atoms with Gasteiger partial charge in [0.1, 0.15) is 0 Å². The number of rotatable bonds is 4. The first-order valence-corrected chi connectivity index (χ1v) is 6.92. The Hall–Kier alpha value is -0.810. The lowest BCUT2D eigenvalue weighted by Gasteiger charge is -2.36. The van der Waals surface area contributed by atoms with Crippen molar-refractivity contribution >= 4 is 17.3 Å². The molecular formula is C14H21ClN2O2. The Kier molecular flexibility index (Phi) is 4.68. The van der Waals surface area contributed by atoms with Crippen LogP contribution in [0.3, 0.4) is 0 Å². The fourth-order valence-corrected chi connectivity index (χ4v) is 2.63. The predicted molar refractivity (Wildman–Crippen MR) is 77.6 cm³/mol. The Labute approximate surface area is 119 Å². The lowest BCUT2D eigenvalue weighted by molar-refractivity contribution is -0.0572. The monoisotopic (exact) mass is 284 g/mol. The molecule has 1 aliphatic heterocycles. The van der Waals surface area contributed by atoms with Crippen molar-refractivity contribution in [1.82, 2.24) is 0 Å². The summed E-state index contributed by atoms with van der Waals surface area (Å²) in [5, 5.41) is 11.2. The van der Waals surface area contributed by atoms with Crippen molar-refractivity contribution < 1.29 is 9.84 Å². The van der Waals surface area contributed by atoms with Gasteiger partial charge in [-0.3, -0.25) is 0 Å². The summed E-state index contributed by atoms with van der Waals surface area (Å²) < 4.78 is 5.29. The molecule has 0 unspecified atom stereocenters. The van der Waals surface area contributed by atoms with E-state index in [2.05, 4.69) is 0 Å². The first kappa shape index (κ1) is 14.6. The van der Waals surface area contributed by atoms with Crippen LogP contribution in [0.4, 0.5) is 5.69 Å². The fraction of sp³-hybridized carbons (Fsp3) is 0.571. The lowest BCUT2D eigenvalue weighted by Crippen LogP contribution is -2.45. The molecule has 0 spiro atoms. The summed E-state index contributed by atoms with van der Waals surface area (Å²) in [5.74, 6) is 0. The first-order valence-electron chi connectivity index (χ1n) is 6.54. The van der Waals surface area contributed by atoms with Gasteiger partial charge in [0.2, 0.25) is 0 Å². The molecule has 5 heteroatoms. The zero-order valence-corrected chi connectivity index (χ0v) is 12.0. The number of nitrogens with zero attached hydrogens (tertiary/aromatic N) is 1. The molecule has 0 saturated carbocycles. The topological polar surface area (TPSA) is 58.7 Å². The second-order valence-electron chi connectivity index (χ2n) is 5.17. The molecule has 0 radical (unpaired) electrons. The Morgan fingerprint density at radius 3 is 2.68 bits per heavy atom. The maximum Gasteiger partial charge on any atom is 0.0865 e. The molecule has 2 rings (SSSR count). The smallest absolute Gasteiger partial charge is 0.0865 e. The normalized spacial score (nSPS) is 18.3. The summed E-state index contributed by atoms with van der Waals surface area (Å²) in [5.41, 5.74) is 6.84. The third-order valence-electron chi connectivity index (χ3n) is 3.65. The first-order chi connectivity index (χ1) is 9.04. The highest BCUT2D eigenvalue weighted by Gasteiger charge is 2.31. The molecule has 0 bridgehead atoms. The molecule has 1 aliphatic rings. The van der Waals surface area contributed by atoms with E-state index in [4.69, 9.17) is 22.1 Å². The molecule has 1 aromatic rings. The Balaban J connectivity index is 2.06. The zero-order chi connectivity index (χ0) is 13.9. The van der Waals surface area contributed by atoms with E-state index in [0.717, 1.165) is 11.3 Å². The highest BCUT2D eigenvalue weighted by Crippen LogP contribution is 2.27. The van der Waals surface area contributed by atoms with Gasteiger partial charge in [0.05, 0.1) is 5.60 Å². The summed E-state index contributed by atoms with van der Waals surface area (Å²) in [7, 11) is 1.96. The average molecular weight is 285 g/mol. The van der Waals surface area contributed by atoms with Crippen LogP contribution in [0.1, 0.15) is 18.4 Å². The maximum absolute atomic E-state index is 10.5. The molecule has 0 aromatic heterocycles. The average Bonchev–Trinajstić information content (AvgIpc) is 2.39. The summed E-state index contributed by atoms with van der Waals surface area (Å²) in [6, 6.07) is 5.81. The Bertz CT molecular complexity index is 433. The number of halogens is 1. The van der Waals surface area contributed by atoms with E-state index in [1.54, 1.807) is 0 Å². The minimum Gasteiger partial charge on any atom is -0.388 e. The number of ether oxygens (including phenoxy) is 1. The quantitative estimate of drug-likeness (QED) is 0.885. The van der Waals surface area contributed by atoms with Crippen LogP contribution in [0.15, 0.2) is 18.2 Å². The Morgan fingerprint density at radius 2 is 2.11 bits per heavy atom. The molecule has 3 N–H and O–H groups in total. The molecular weight excluding hydrogens is 264 g/mol. The second kappa shape index (κ2) is 6.09. The molecule has 106 valence electrons. The minimum absolute atomic E-state index is 0.435. The van der Waals surface area contributed by atoms with Gasteiger partial charge in [0.15, 0.2) is 0 Å². The van der Waals surface area contributed by atoms with Crippen molar-refractivity contribution in [1.29, 1.82) is 0 Å². The summed E-state index contributed by atoms with van der Waals surface area (Å²) >= 11 is 6.16. The molecule has 0 aliphatic carbocycles. The second-order valence-corrected chi connectivity index (χ2v) is 5.58. The van der Waals surface area contributed by atoms with Gasteiger partial charge in [-0.05, 0) is 17.7 Å². The standard InChI is InChI=1S/C14H21ClN2O2/c1-17(10-14(18)4-6-19-7-5-14)12-3-2-11(9-16)13(15)8-12/h2-3,8,18H,4-7,9-10,16H2,1H3. The van der Waals surface area contributed by atoms with E-state index >= 15 is 0 Å². The van der Waals surface area contributed by atoms with Gasteiger partial charge >= 0.3 is 0 Å². The van der Waals surface area contributed by atoms with E-state index < -0.39 is 5.60 Å². The van der Waals surface area contributed by atoms with Crippen LogP contribution in [-0.2, 0) is 11.3 Å². The number of likely N-dealkylation sites (N-methyl/N-ethyl adjacent to an activating group) is 1. The van der Waals surface area contributed by atoms with Gasteiger partial charge in [-0.1, -0.05) is 17.7 Å².